The van der Waals surface area contributed by atoms with E-state index in [1.807, 2.05) is 0 Å². The van der Waals surface area contributed by atoms with Crippen LogP contribution < -0.4 is 5.32 Å². The van der Waals surface area contributed by atoms with Crippen LogP contribution in [0.2, 0.25) is 0 Å². The second-order valence-corrected chi connectivity index (χ2v) is 9.05. The zero-order chi connectivity index (χ0) is 23.4. The van der Waals surface area contributed by atoms with Gasteiger partial charge in [-0.05, 0) is 29.8 Å². The molecule has 2 amide bonds. The van der Waals surface area contributed by atoms with Crippen LogP contribution in [0.1, 0.15) is 21.5 Å². The average molecular weight is 457 g/mol. The average Bonchev–Trinajstić information content (AvgIpc) is 2.71. The number of carbonyl (C=O) groups is 2. The number of sulfonamides is 1. The minimum atomic E-state index is -4.55. The van der Waals surface area contributed by atoms with E-state index in [1.165, 1.54) is 63.6 Å². The summed E-state index contributed by atoms with van der Waals surface area (Å²) in [5.74, 6) is -1.30. The summed E-state index contributed by atoms with van der Waals surface area (Å²) >= 11 is 0. The summed E-state index contributed by atoms with van der Waals surface area (Å²) in [7, 11) is 0.293. The minimum Gasteiger partial charge on any atom is -0.343 e. The number of alkyl halides is 3. The fourth-order valence-electron chi connectivity index (χ4n) is 2.68. The molecule has 0 aliphatic rings. The molecule has 7 nitrogen and oxygen atoms in total. The lowest BCUT2D eigenvalue weighted by molar-refractivity contribution is -0.139. The van der Waals surface area contributed by atoms with Crippen molar-refractivity contribution in [3.05, 3.63) is 65.2 Å². The molecule has 0 aromatic heterocycles. The Morgan fingerprint density at radius 3 is 2.26 bits per heavy atom. The molecule has 0 atom stereocenters. The zero-order valence-electron chi connectivity index (χ0n) is 17.1. The fraction of sp³-hybridized carbons (Fsp3) is 0.300. The van der Waals surface area contributed by atoms with E-state index < -0.39 is 40.1 Å². The normalized spacial score (nSPS) is 12.0. The molecule has 11 heteroatoms. The first-order valence-corrected chi connectivity index (χ1v) is 10.5. The summed E-state index contributed by atoms with van der Waals surface area (Å²) in [4.78, 5) is 25.6. The van der Waals surface area contributed by atoms with Crippen LogP contribution in [0.4, 0.5) is 13.2 Å². The number of carbonyl (C=O) groups excluding carboxylic acids is 2. The third-order valence-electron chi connectivity index (χ3n) is 4.43. The quantitative estimate of drug-likeness (QED) is 0.692. The summed E-state index contributed by atoms with van der Waals surface area (Å²) in [6, 6.07) is 10.2. The molecule has 31 heavy (non-hydrogen) atoms. The predicted molar refractivity (Wildman–Crippen MR) is 108 cm³/mol. The zero-order valence-corrected chi connectivity index (χ0v) is 17.9. The SMILES string of the molecule is CN(Cc1ccccc1C(F)(F)F)C(=O)CNC(=O)c1cccc(S(=O)(=O)N(C)C)c1. The summed E-state index contributed by atoms with van der Waals surface area (Å²) in [6.07, 6.45) is -4.55. The number of benzene rings is 2. The number of hydrogen-bond acceptors (Lipinski definition) is 4. The van der Waals surface area contributed by atoms with Crippen LogP contribution in [0.5, 0.6) is 0 Å². The minimum absolute atomic E-state index is 0.0285. The molecule has 0 fully saturated rings. The molecule has 0 saturated heterocycles. The van der Waals surface area contributed by atoms with Crippen molar-refractivity contribution >= 4 is 21.8 Å². The van der Waals surface area contributed by atoms with Crippen LogP contribution in [-0.4, -0.2) is 57.1 Å². The maximum atomic E-state index is 13.1. The number of amides is 2. The van der Waals surface area contributed by atoms with Gasteiger partial charge in [0.2, 0.25) is 15.9 Å². The van der Waals surface area contributed by atoms with Crippen molar-refractivity contribution in [2.75, 3.05) is 27.7 Å². The third-order valence-corrected chi connectivity index (χ3v) is 6.24. The highest BCUT2D eigenvalue weighted by Crippen LogP contribution is 2.32. The number of likely N-dealkylation sites (N-methyl/N-ethyl adjacent to an activating group) is 1. The van der Waals surface area contributed by atoms with Gasteiger partial charge in [-0.2, -0.15) is 13.2 Å². The molecular formula is C20H22F3N3O4S. The molecule has 2 rings (SSSR count). The Morgan fingerprint density at radius 1 is 1.00 bits per heavy atom. The first-order chi connectivity index (χ1) is 14.3. The van der Waals surface area contributed by atoms with Gasteiger partial charge in [0.1, 0.15) is 0 Å². The van der Waals surface area contributed by atoms with Crippen molar-refractivity contribution in [3.63, 3.8) is 0 Å². The van der Waals surface area contributed by atoms with E-state index >= 15 is 0 Å². The number of halogens is 3. The van der Waals surface area contributed by atoms with Crippen molar-refractivity contribution in [2.45, 2.75) is 17.6 Å². The van der Waals surface area contributed by atoms with Crippen LogP contribution in [0.15, 0.2) is 53.4 Å². The molecule has 0 saturated carbocycles. The van der Waals surface area contributed by atoms with Crippen molar-refractivity contribution in [2.24, 2.45) is 0 Å². The van der Waals surface area contributed by atoms with Gasteiger partial charge in [-0.15, -0.1) is 0 Å². The largest absolute Gasteiger partial charge is 0.416 e. The van der Waals surface area contributed by atoms with Gasteiger partial charge in [0.25, 0.3) is 5.91 Å². The Kier molecular flexibility index (Phi) is 7.45. The number of rotatable bonds is 7. The highest BCUT2D eigenvalue weighted by Gasteiger charge is 2.33. The van der Waals surface area contributed by atoms with E-state index in [0.717, 1.165) is 15.3 Å². The van der Waals surface area contributed by atoms with Gasteiger partial charge in [-0.3, -0.25) is 9.59 Å². The molecule has 2 aromatic carbocycles. The summed E-state index contributed by atoms with van der Waals surface area (Å²) in [5, 5.41) is 2.36. The van der Waals surface area contributed by atoms with Crippen molar-refractivity contribution in [3.8, 4) is 0 Å². The van der Waals surface area contributed by atoms with E-state index in [9.17, 15) is 31.2 Å². The molecule has 0 aliphatic heterocycles. The first-order valence-electron chi connectivity index (χ1n) is 9.04. The molecule has 168 valence electrons. The lowest BCUT2D eigenvalue weighted by Crippen LogP contribution is -2.38. The Labute approximate surface area is 178 Å². The molecular weight excluding hydrogens is 435 g/mol. The van der Waals surface area contributed by atoms with Crippen molar-refractivity contribution in [1.29, 1.82) is 0 Å². The Bertz CT molecular complexity index is 1070. The lowest BCUT2D eigenvalue weighted by atomic mass is 10.1. The smallest absolute Gasteiger partial charge is 0.343 e. The van der Waals surface area contributed by atoms with E-state index in [-0.39, 0.29) is 22.6 Å². The maximum absolute atomic E-state index is 13.1. The van der Waals surface area contributed by atoms with E-state index in [4.69, 9.17) is 0 Å². The van der Waals surface area contributed by atoms with E-state index in [1.54, 1.807) is 0 Å². The third kappa shape index (κ3) is 6.05. The van der Waals surface area contributed by atoms with Gasteiger partial charge in [0, 0.05) is 33.3 Å². The topological polar surface area (TPSA) is 86.8 Å². The van der Waals surface area contributed by atoms with Gasteiger partial charge in [0.15, 0.2) is 0 Å². The molecule has 0 aliphatic carbocycles. The highest BCUT2D eigenvalue weighted by molar-refractivity contribution is 7.89. The van der Waals surface area contributed by atoms with Gasteiger partial charge >= 0.3 is 6.18 Å². The van der Waals surface area contributed by atoms with Crippen LogP contribution in [0.25, 0.3) is 0 Å². The maximum Gasteiger partial charge on any atom is 0.416 e. The molecule has 0 radical (unpaired) electrons. The van der Waals surface area contributed by atoms with Crippen molar-refractivity contribution in [1.82, 2.24) is 14.5 Å². The molecule has 1 N–H and O–H groups in total. The van der Waals surface area contributed by atoms with Crippen LogP contribution in [0.3, 0.4) is 0 Å². The number of nitrogens with one attached hydrogen (secondary N) is 1. The number of hydrogen-bond donors (Lipinski definition) is 1. The predicted octanol–water partition coefficient (Wildman–Crippen LogP) is 2.34. The van der Waals surface area contributed by atoms with E-state index in [2.05, 4.69) is 5.32 Å². The molecule has 0 bridgehead atoms. The Morgan fingerprint density at radius 2 is 1.65 bits per heavy atom. The molecule has 0 heterocycles. The van der Waals surface area contributed by atoms with Crippen LogP contribution in [0, 0.1) is 0 Å². The van der Waals surface area contributed by atoms with Gasteiger partial charge in [-0.25, -0.2) is 12.7 Å². The van der Waals surface area contributed by atoms with Crippen LogP contribution >= 0.6 is 0 Å². The monoisotopic (exact) mass is 457 g/mol. The Hall–Kier alpha value is -2.92. The summed E-state index contributed by atoms with van der Waals surface area (Å²) in [5.41, 5.74) is -0.878. The standard InChI is InChI=1S/C20H22F3N3O4S/c1-25(2)31(29,30)16-9-6-8-14(11-16)19(28)24-12-18(27)26(3)13-15-7-4-5-10-17(15)20(21,22)23/h4-11H,12-13H2,1-3H3,(H,24,28). The van der Waals surface area contributed by atoms with Gasteiger partial charge in [0.05, 0.1) is 17.0 Å². The van der Waals surface area contributed by atoms with Gasteiger partial charge < -0.3 is 10.2 Å². The highest BCUT2D eigenvalue weighted by atomic mass is 32.2. The fourth-order valence-corrected chi connectivity index (χ4v) is 3.63. The van der Waals surface area contributed by atoms with Crippen LogP contribution in [-0.2, 0) is 27.5 Å². The molecule has 0 unspecified atom stereocenters. The summed E-state index contributed by atoms with van der Waals surface area (Å²) in [6.45, 7) is -0.755. The van der Waals surface area contributed by atoms with Gasteiger partial charge in [-0.1, -0.05) is 24.3 Å². The second-order valence-electron chi connectivity index (χ2n) is 6.90. The molecule has 0 spiro atoms. The first kappa shape index (κ1) is 24.4. The second kappa shape index (κ2) is 9.48. The Balaban J connectivity index is 2.04. The summed E-state index contributed by atoms with van der Waals surface area (Å²) < 4.78 is 64.7. The lowest BCUT2D eigenvalue weighted by Gasteiger charge is -2.20. The van der Waals surface area contributed by atoms with Crippen molar-refractivity contribution < 1.29 is 31.2 Å². The number of nitrogens with zero attached hydrogens (tertiary/aromatic N) is 2. The molecule has 2 aromatic rings. The van der Waals surface area contributed by atoms with E-state index in [0.29, 0.717) is 0 Å².